The normalized spacial score (nSPS) is 12.3. The Hall–Kier alpha value is -4.31. The Morgan fingerprint density at radius 3 is 2.48 bits per heavy atom. The van der Waals surface area contributed by atoms with E-state index in [1.165, 1.54) is 12.1 Å². The number of fused-ring (bicyclic) bond motifs is 1. The maximum Gasteiger partial charge on any atom is 0.416 e. The van der Waals surface area contributed by atoms with Crippen molar-refractivity contribution in [3.63, 3.8) is 0 Å². The van der Waals surface area contributed by atoms with Gasteiger partial charge in [-0.2, -0.15) is 13.2 Å². The van der Waals surface area contributed by atoms with E-state index in [1.54, 1.807) is 26.2 Å². The molecule has 7 nitrogen and oxygen atoms in total. The average Bonchev–Trinajstić information content (AvgIpc) is 2.94. The molecular formula is C30H28F3NO6. The fourth-order valence-electron chi connectivity index (χ4n) is 4.36. The molecule has 0 saturated carbocycles. The number of benzene rings is 3. The third-order valence-corrected chi connectivity index (χ3v) is 6.54. The van der Waals surface area contributed by atoms with Gasteiger partial charge in [0.25, 0.3) is 0 Å². The van der Waals surface area contributed by atoms with Crippen molar-refractivity contribution in [3.05, 3.63) is 93.3 Å². The first-order chi connectivity index (χ1) is 19.0. The maximum absolute atomic E-state index is 13.7. The summed E-state index contributed by atoms with van der Waals surface area (Å²) < 4.78 is 62.1. The minimum absolute atomic E-state index is 0.0359. The molecule has 0 saturated heterocycles. The minimum atomic E-state index is -4.61. The average molecular weight is 556 g/mol. The molecule has 0 aliphatic carbocycles. The lowest BCUT2D eigenvalue weighted by atomic mass is 9.99. The van der Waals surface area contributed by atoms with Crippen molar-refractivity contribution in [3.8, 4) is 22.6 Å². The minimum Gasteiger partial charge on any atom is -0.497 e. The van der Waals surface area contributed by atoms with E-state index in [-0.39, 0.29) is 35.1 Å². The number of ether oxygens (including phenoxy) is 3. The van der Waals surface area contributed by atoms with Gasteiger partial charge in [-0.05, 0) is 72.5 Å². The number of hydrogen-bond donors (Lipinski definition) is 1. The van der Waals surface area contributed by atoms with E-state index >= 15 is 0 Å². The first-order valence-electron chi connectivity index (χ1n) is 12.4. The van der Waals surface area contributed by atoms with Gasteiger partial charge >= 0.3 is 17.8 Å². The molecular weight excluding hydrogens is 527 g/mol. The highest BCUT2D eigenvalue weighted by atomic mass is 19.4. The number of nitrogens with one attached hydrogen (secondary N) is 1. The van der Waals surface area contributed by atoms with Crippen molar-refractivity contribution in [1.29, 1.82) is 0 Å². The second-order valence-electron chi connectivity index (χ2n) is 9.14. The highest BCUT2D eigenvalue weighted by Crippen LogP contribution is 2.36. The summed E-state index contributed by atoms with van der Waals surface area (Å²) in [5.41, 5.74) is 0.0821. The summed E-state index contributed by atoms with van der Waals surface area (Å²) in [5, 5.41) is 3.74. The number of carbonyl (C=O) groups excluding carboxylic acids is 1. The molecule has 1 heterocycles. The van der Waals surface area contributed by atoms with Crippen molar-refractivity contribution in [2.75, 3.05) is 27.4 Å². The lowest BCUT2D eigenvalue weighted by Gasteiger charge is -2.17. The number of methoxy groups -OCH3 is 2. The molecule has 3 aromatic carbocycles. The van der Waals surface area contributed by atoms with E-state index in [4.69, 9.17) is 13.9 Å². The largest absolute Gasteiger partial charge is 0.497 e. The number of alkyl halides is 3. The van der Waals surface area contributed by atoms with Crippen LogP contribution in [0.5, 0.6) is 11.5 Å². The lowest BCUT2D eigenvalue weighted by molar-refractivity contribution is -0.137. The van der Waals surface area contributed by atoms with Crippen LogP contribution in [0.4, 0.5) is 13.2 Å². The number of hydrogen-bond acceptors (Lipinski definition) is 7. The standard InChI is InChI=1S/C30H28F3NO6/c1-17-25-9-8-20(15-26(25)40-29(36)27(17)28(35)38-4)21-12-22(30(31,32)33)16-24(14-21)39-11-10-34-18(2)19-6-5-7-23(13-19)37-3/h5-9,12-16,18,34H,10-11H2,1-4H3/t18-/m1/s1. The lowest BCUT2D eigenvalue weighted by Crippen LogP contribution is -2.24. The Bertz CT molecular complexity index is 1600. The van der Waals surface area contributed by atoms with Crippen LogP contribution in [0.15, 0.2) is 69.9 Å². The van der Waals surface area contributed by atoms with Crippen LogP contribution in [0.3, 0.4) is 0 Å². The van der Waals surface area contributed by atoms with Crippen molar-refractivity contribution in [2.45, 2.75) is 26.1 Å². The molecule has 4 rings (SSSR count). The van der Waals surface area contributed by atoms with Crippen LogP contribution in [0.2, 0.25) is 0 Å². The van der Waals surface area contributed by atoms with Crippen molar-refractivity contribution in [2.24, 2.45) is 0 Å². The fraction of sp³-hybridized carbons (Fsp3) is 0.267. The van der Waals surface area contributed by atoms with Gasteiger partial charge in [-0.15, -0.1) is 0 Å². The second-order valence-corrected chi connectivity index (χ2v) is 9.14. The van der Waals surface area contributed by atoms with Crippen LogP contribution in [-0.4, -0.2) is 33.3 Å². The van der Waals surface area contributed by atoms with Gasteiger partial charge in [0.2, 0.25) is 0 Å². The summed E-state index contributed by atoms with van der Waals surface area (Å²) in [7, 11) is 2.74. The molecule has 0 unspecified atom stereocenters. The van der Waals surface area contributed by atoms with Crippen LogP contribution >= 0.6 is 0 Å². The van der Waals surface area contributed by atoms with Gasteiger partial charge in [0.15, 0.2) is 0 Å². The van der Waals surface area contributed by atoms with E-state index in [0.717, 1.165) is 30.6 Å². The smallest absolute Gasteiger partial charge is 0.416 e. The summed E-state index contributed by atoms with van der Waals surface area (Å²) in [6.07, 6.45) is -4.61. The molecule has 4 aromatic rings. The number of esters is 1. The molecule has 0 amide bonds. The zero-order valence-corrected chi connectivity index (χ0v) is 22.3. The summed E-state index contributed by atoms with van der Waals surface area (Å²) in [6.45, 7) is 4.04. The van der Waals surface area contributed by atoms with Gasteiger partial charge in [-0.25, -0.2) is 9.59 Å². The molecule has 10 heteroatoms. The molecule has 1 atom stereocenters. The van der Waals surface area contributed by atoms with E-state index in [9.17, 15) is 22.8 Å². The topological polar surface area (TPSA) is 87.0 Å². The van der Waals surface area contributed by atoms with Gasteiger partial charge < -0.3 is 23.9 Å². The molecule has 40 heavy (non-hydrogen) atoms. The summed E-state index contributed by atoms with van der Waals surface area (Å²) >= 11 is 0. The molecule has 0 aliphatic heterocycles. The van der Waals surface area contributed by atoms with Crippen molar-refractivity contribution < 1.29 is 36.6 Å². The van der Waals surface area contributed by atoms with Crippen LogP contribution in [0, 0.1) is 6.92 Å². The van der Waals surface area contributed by atoms with Crippen LogP contribution in [-0.2, 0) is 10.9 Å². The van der Waals surface area contributed by atoms with Crippen LogP contribution in [0.1, 0.15) is 40.0 Å². The molecule has 1 N–H and O–H groups in total. The van der Waals surface area contributed by atoms with Gasteiger partial charge in [0.05, 0.1) is 19.8 Å². The molecule has 0 fully saturated rings. The SMILES string of the molecule is COC(=O)c1c(C)c2ccc(-c3cc(OCCN[C@H](C)c4cccc(OC)c4)cc(C(F)(F)F)c3)cc2oc1=O. The number of carbonyl (C=O) groups is 1. The van der Waals surface area contributed by atoms with E-state index in [2.05, 4.69) is 10.1 Å². The summed E-state index contributed by atoms with van der Waals surface area (Å²) in [5.74, 6) is -0.0605. The first kappa shape index (κ1) is 28.7. The first-order valence-corrected chi connectivity index (χ1v) is 12.4. The van der Waals surface area contributed by atoms with Gasteiger partial charge in [-0.1, -0.05) is 24.3 Å². The number of halogens is 3. The molecule has 0 bridgehead atoms. The number of rotatable bonds is 9. The van der Waals surface area contributed by atoms with E-state index in [1.807, 2.05) is 31.2 Å². The Morgan fingerprint density at radius 2 is 1.77 bits per heavy atom. The third kappa shape index (κ3) is 6.28. The Balaban J connectivity index is 1.57. The van der Waals surface area contributed by atoms with Crippen molar-refractivity contribution in [1.82, 2.24) is 5.32 Å². The summed E-state index contributed by atoms with van der Waals surface area (Å²) in [6, 6.07) is 15.6. The van der Waals surface area contributed by atoms with Gasteiger partial charge in [0, 0.05) is 18.0 Å². The fourth-order valence-corrected chi connectivity index (χ4v) is 4.36. The molecule has 0 spiro atoms. The van der Waals surface area contributed by atoms with E-state index < -0.39 is 23.3 Å². The molecule has 210 valence electrons. The van der Waals surface area contributed by atoms with Crippen molar-refractivity contribution >= 4 is 16.9 Å². The predicted molar refractivity (Wildman–Crippen MR) is 144 cm³/mol. The zero-order valence-electron chi connectivity index (χ0n) is 22.3. The Morgan fingerprint density at radius 1 is 1.00 bits per heavy atom. The second kappa shape index (κ2) is 11.8. The van der Waals surface area contributed by atoms with Gasteiger partial charge in [0.1, 0.15) is 29.3 Å². The predicted octanol–water partition coefficient (Wildman–Crippen LogP) is 6.31. The molecule has 1 aromatic heterocycles. The third-order valence-electron chi connectivity index (χ3n) is 6.54. The van der Waals surface area contributed by atoms with Gasteiger partial charge in [-0.3, -0.25) is 0 Å². The summed E-state index contributed by atoms with van der Waals surface area (Å²) in [4.78, 5) is 24.4. The van der Waals surface area contributed by atoms with Crippen LogP contribution < -0.4 is 20.4 Å². The quantitative estimate of drug-likeness (QED) is 0.147. The maximum atomic E-state index is 13.7. The Kier molecular flexibility index (Phi) is 8.49. The monoisotopic (exact) mass is 555 g/mol. The molecule has 0 aliphatic rings. The highest BCUT2D eigenvalue weighted by molar-refractivity contribution is 5.96. The molecule has 0 radical (unpaired) electrons. The van der Waals surface area contributed by atoms with E-state index in [0.29, 0.717) is 23.1 Å². The highest BCUT2D eigenvalue weighted by Gasteiger charge is 2.31. The van der Waals surface area contributed by atoms with Crippen LogP contribution in [0.25, 0.3) is 22.1 Å². The Labute approximate surface area is 228 Å². The zero-order chi connectivity index (χ0) is 29.0. The number of aryl methyl sites for hydroxylation is 1.